The normalized spacial score (nSPS) is 15.5. The number of methoxy groups -OCH3 is 1. The highest BCUT2D eigenvalue weighted by molar-refractivity contribution is 7.80. The number of nitrogens with one attached hydrogen (secondary N) is 2. The van der Waals surface area contributed by atoms with Crippen LogP contribution in [0.2, 0.25) is 0 Å². The molecule has 1 atom stereocenters. The summed E-state index contributed by atoms with van der Waals surface area (Å²) in [5.74, 6) is 0.250. The first-order valence-corrected chi connectivity index (χ1v) is 12.3. The fourth-order valence-corrected chi connectivity index (χ4v) is 5.63. The zero-order valence-corrected chi connectivity index (χ0v) is 21.7. The van der Waals surface area contributed by atoms with Crippen LogP contribution in [0.1, 0.15) is 72.2 Å². The molecule has 1 amide bonds. The van der Waals surface area contributed by atoms with Crippen molar-refractivity contribution in [2.75, 3.05) is 12.4 Å². The first kappa shape index (κ1) is 25.2. The number of anilines is 1. The van der Waals surface area contributed by atoms with Crippen LogP contribution in [0.15, 0.2) is 24.3 Å². The van der Waals surface area contributed by atoms with Crippen LogP contribution in [0.4, 0.5) is 5.00 Å². The molecule has 0 aliphatic heterocycles. The average molecular weight is 489 g/mol. The quantitative estimate of drug-likeness (QED) is 0.421. The lowest BCUT2D eigenvalue weighted by molar-refractivity contribution is 0.0600. The Hall–Kier alpha value is -2.45. The number of carbonyl (C=O) groups is 2. The largest absolute Gasteiger partial charge is 0.490 e. The number of amides is 1. The first-order valence-electron chi connectivity index (χ1n) is 11.1. The summed E-state index contributed by atoms with van der Waals surface area (Å²) in [6, 6.07) is 7.02. The van der Waals surface area contributed by atoms with Gasteiger partial charge in [0.05, 0.1) is 24.3 Å². The highest BCUT2D eigenvalue weighted by atomic mass is 32.1. The smallest absolute Gasteiger partial charge is 0.341 e. The van der Waals surface area contributed by atoms with E-state index in [0.29, 0.717) is 27.8 Å². The predicted molar refractivity (Wildman–Crippen MR) is 137 cm³/mol. The van der Waals surface area contributed by atoms with E-state index in [1.165, 1.54) is 23.3 Å². The molecule has 6 nitrogen and oxygen atoms in total. The number of fused-ring (bicyclic) bond motifs is 1. The van der Waals surface area contributed by atoms with Gasteiger partial charge < -0.3 is 14.8 Å². The Morgan fingerprint density at radius 1 is 1.21 bits per heavy atom. The van der Waals surface area contributed by atoms with E-state index in [1.54, 1.807) is 18.2 Å². The van der Waals surface area contributed by atoms with E-state index in [1.807, 2.05) is 19.9 Å². The van der Waals surface area contributed by atoms with Crippen LogP contribution in [-0.4, -0.2) is 30.2 Å². The molecular formula is C25H32N2O4S2. The van der Waals surface area contributed by atoms with Crippen LogP contribution in [-0.2, 0) is 17.6 Å². The molecule has 0 fully saturated rings. The summed E-state index contributed by atoms with van der Waals surface area (Å²) < 4.78 is 10.8. The molecule has 1 heterocycles. The minimum atomic E-state index is -0.394. The Bertz CT molecular complexity index is 1050. The molecule has 0 saturated carbocycles. The molecule has 2 aromatic rings. The van der Waals surface area contributed by atoms with Crippen molar-refractivity contribution in [3.05, 3.63) is 45.8 Å². The summed E-state index contributed by atoms with van der Waals surface area (Å²) in [6.45, 7) is 10.6. The van der Waals surface area contributed by atoms with Crippen LogP contribution in [0.5, 0.6) is 5.75 Å². The van der Waals surface area contributed by atoms with Gasteiger partial charge in [-0.15, -0.1) is 11.3 Å². The summed E-state index contributed by atoms with van der Waals surface area (Å²) in [5.41, 5.74) is 2.13. The van der Waals surface area contributed by atoms with Gasteiger partial charge in [-0.25, -0.2) is 4.79 Å². The second kappa shape index (κ2) is 10.2. The lowest BCUT2D eigenvalue weighted by atomic mass is 9.72. The predicted octanol–water partition coefficient (Wildman–Crippen LogP) is 5.60. The molecule has 8 heteroatoms. The van der Waals surface area contributed by atoms with Crippen LogP contribution in [0.3, 0.4) is 0 Å². The van der Waals surface area contributed by atoms with Crippen LogP contribution in [0.25, 0.3) is 0 Å². The maximum Gasteiger partial charge on any atom is 0.341 e. The van der Waals surface area contributed by atoms with E-state index in [4.69, 9.17) is 21.7 Å². The third-order valence-electron chi connectivity index (χ3n) is 5.83. The fraction of sp³-hybridized carbons (Fsp3) is 0.480. The summed E-state index contributed by atoms with van der Waals surface area (Å²) in [4.78, 5) is 26.7. The second-order valence-electron chi connectivity index (χ2n) is 9.58. The van der Waals surface area contributed by atoms with Gasteiger partial charge in [0.2, 0.25) is 0 Å². The number of carbonyl (C=O) groups excluding carboxylic acids is 2. The van der Waals surface area contributed by atoms with Crippen LogP contribution < -0.4 is 15.4 Å². The van der Waals surface area contributed by atoms with Crippen molar-refractivity contribution in [1.29, 1.82) is 0 Å². The fourth-order valence-electron chi connectivity index (χ4n) is 4.05. The highest BCUT2D eigenvalue weighted by Gasteiger charge is 2.34. The Morgan fingerprint density at radius 2 is 1.91 bits per heavy atom. The van der Waals surface area contributed by atoms with Gasteiger partial charge in [0.25, 0.3) is 5.91 Å². The van der Waals surface area contributed by atoms with E-state index < -0.39 is 5.97 Å². The van der Waals surface area contributed by atoms with Gasteiger partial charge in [0.15, 0.2) is 5.11 Å². The summed E-state index contributed by atoms with van der Waals surface area (Å²) >= 11 is 6.93. The number of benzene rings is 1. The second-order valence-corrected chi connectivity index (χ2v) is 11.1. The summed E-state index contributed by atoms with van der Waals surface area (Å²) in [5, 5.41) is 6.52. The molecule has 1 aliphatic rings. The third-order valence-corrected chi connectivity index (χ3v) is 7.20. The number of hydrogen-bond acceptors (Lipinski definition) is 6. The molecule has 3 rings (SSSR count). The number of ether oxygens (including phenoxy) is 2. The van der Waals surface area contributed by atoms with E-state index in [2.05, 4.69) is 31.4 Å². The Balaban J connectivity index is 1.81. The molecule has 33 heavy (non-hydrogen) atoms. The number of esters is 1. The molecule has 1 aliphatic carbocycles. The maximum atomic E-state index is 12.9. The van der Waals surface area contributed by atoms with E-state index in [0.717, 1.165) is 24.8 Å². The number of thiophene rings is 1. The maximum absolute atomic E-state index is 12.9. The minimum Gasteiger partial charge on any atom is -0.490 e. The molecule has 1 aromatic carbocycles. The molecule has 1 unspecified atom stereocenters. The lowest BCUT2D eigenvalue weighted by Gasteiger charge is -2.33. The average Bonchev–Trinajstić information content (AvgIpc) is 3.09. The van der Waals surface area contributed by atoms with Gasteiger partial charge in [-0.2, -0.15) is 0 Å². The minimum absolute atomic E-state index is 0.0685. The van der Waals surface area contributed by atoms with Crippen molar-refractivity contribution < 1.29 is 19.1 Å². The highest BCUT2D eigenvalue weighted by Crippen LogP contribution is 2.44. The van der Waals surface area contributed by atoms with E-state index in [9.17, 15) is 9.59 Å². The number of thiocarbonyl (C=S) groups is 1. The molecule has 0 spiro atoms. The topological polar surface area (TPSA) is 76.7 Å². The van der Waals surface area contributed by atoms with Crippen LogP contribution in [0, 0.1) is 11.3 Å². The summed E-state index contributed by atoms with van der Waals surface area (Å²) in [7, 11) is 1.38. The van der Waals surface area contributed by atoms with Gasteiger partial charge in [-0.1, -0.05) is 32.9 Å². The van der Waals surface area contributed by atoms with Gasteiger partial charge in [0, 0.05) is 4.88 Å². The zero-order valence-electron chi connectivity index (χ0n) is 20.0. The number of hydrogen-bond donors (Lipinski definition) is 2. The molecule has 1 aromatic heterocycles. The SMILES string of the molecule is COC(=O)c1c(NC(=S)NC(=O)c2ccccc2OC(C)C)sc2c1CCC(C(C)(C)C)C2. The van der Waals surface area contributed by atoms with Crippen molar-refractivity contribution in [3.8, 4) is 5.75 Å². The van der Waals surface area contributed by atoms with E-state index >= 15 is 0 Å². The molecule has 2 N–H and O–H groups in total. The molecule has 0 bridgehead atoms. The third kappa shape index (κ3) is 5.92. The first-order chi connectivity index (χ1) is 15.5. The standard InChI is InChI=1S/C25H32N2O4S2/c1-14(2)31-18-10-8-7-9-16(18)21(28)26-24(32)27-22-20(23(29)30-6)17-12-11-15(25(3,4)5)13-19(17)33-22/h7-10,14-15H,11-13H2,1-6H3,(H2,26,27,28,32). The van der Waals surface area contributed by atoms with Crippen molar-refractivity contribution in [2.24, 2.45) is 11.3 Å². The van der Waals surface area contributed by atoms with Crippen LogP contribution >= 0.6 is 23.6 Å². The zero-order chi connectivity index (χ0) is 24.3. The van der Waals surface area contributed by atoms with Gasteiger partial charge >= 0.3 is 5.97 Å². The van der Waals surface area contributed by atoms with Gasteiger partial charge in [0.1, 0.15) is 10.8 Å². The number of para-hydroxylation sites is 1. The van der Waals surface area contributed by atoms with E-state index in [-0.39, 0.29) is 22.5 Å². The monoisotopic (exact) mass is 488 g/mol. The Morgan fingerprint density at radius 3 is 2.55 bits per heavy atom. The Labute approximate surface area is 205 Å². The molecule has 0 radical (unpaired) electrons. The molecular weight excluding hydrogens is 456 g/mol. The van der Waals surface area contributed by atoms with Gasteiger partial charge in [-0.05, 0) is 74.4 Å². The molecule has 0 saturated heterocycles. The van der Waals surface area contributed by atoms with Crippen molar-refractivity contribution >= 4 is 45.5 Å². The van der Waals surface area contributed by atoms with Gasteiger partial charge in [-0.3, -0.25) is 10.1 Å². The van der Waals surface area contributed by atoms with Crippen molar-refractivity contribution in [1.82, 2.24) is 5.32 Å². The summed E-state index contributed by atoms with van der Waals surface area (Å²) in [6.07, 6.45) is 2.68. The molecule has 178 valence electrons. The van der Waals surface area contributed by atoms with Crippen molar-refractivity contribution in [2.45, 2.75) is 60.0 Å². The number of rotatable bonds is 5. The lowest BCUT2D eigenvalue weighted by Crippen LogP contribution is -2.34. The Kier molecular flexibility index (Phi) is 7.80. The van der Waals surface area contributed by atoms with Crippen molar-refractivity contribution in [3.63, 3.8) is 0 Å².